The van der Waals surface area contributed by atoms with Gasteiger partial charge in [-0.25, -0.2) is 9.69 Å². The molecule has 1 aliphatic heterocycles. The molecule has 130 valence electrons. The molecule has 4 nitrogen and oxygen atoms in total. The number of rotatable bonds is 0. The molecule has 0 saturated carbocycles. The van der Waals surface area contributed by atoms with Crippen LogP contribution in [0.4, 0.5) is 4.79 Å². The molecule has 1 heterocycles. The first-order valence-electron chi connectivity index (χ1n) is 8.27. The zero-order valence-corrected chi connectivity index (χ0v) is 15.6. The third-order valence-electron chi connectivity index (χ3n) is 3.02. The van der Waals surface area contributed by atoms with E-state index in [1.807, 2.05) is 39.0 Å². The van der Waals surface area contributed by atoms with E-state index in [9.17, 15) is 9.59 Å². The van der Waals surface area contributed by atoms with E-state index >= 15 is 0 Å². The lowest BCUT2D eigenvalue weighted by Gasteiger charge is -2.25. The Balaban J connectivity index is 0.000000449. The van der Waals surface area contributed by atoms with E-state index in [4.69, 9.17) is 4.74 Å². The van der Waals surface area contributed by atoms with Gasteiger partial charge in [0, 0.05) is 12.5 Å². The number of benzene rings is 1. The summed E-state index contributed by atoms with van der Waals surface area (Å²) in [5, 5.41) is 0. The lowest BCUT2D eigenvalue weighted by atomic mass is 10.2. The normalized spacial score (nSPS) is 16.7. The minimum absolute atomic E-state index is 0.0302. The average molecular weight is 321 g/mol. The Morgan fingerprint density at radius 3 is 2.00 bits per heavy atom. The second-order valence-electron chi connectivity index (χ2n) is 6.29. The summed E-state index contributed by atoms with van der Waals surface area (Å²) in [7, 11) is 0. The number of carbonyl (C=O) groups is 2. The fourth-order valence-corrected chi connectivity index (χ4v) is 1.95. The van der Waals surface area contributed by atoms with Crippen LogP contribution in [0.15, 0.2) is 30.3 Å². The number of nitrogens with zero attached hydrogens (tertiary/aromatic N) is 1. The molecule has 2 amide bonds. The highest BCUT2D eigenvalue weighted by Crippen LogP contribution is 2.21. The summed E-state index contributed by atoms with van der Waals surface area (Å²) in [6.07, 6.45) is 0.658. The number of amides is 2. The van der Waals surface area contributed by atoms with Gasteiger partial charge in [-0.05, 0) is 41.0 Å². The van der Waals surface area contributed by atoms with Crippen molar-refractivity contribution in [1.82, 2.24) is 4.90 Å². The van der Waals surface area contributed by atoms with Gasteiger partial charge < -0.3 is 4.74 Å². The first kappa shape index (κ1) is 21.2. The van der Waals surface area contributed by atoms with Crippen molar-refractivity contribution in [2.24, 2.45) is 0 Å². The van der Waals surface area contributed by atoms with Crippen LogP contribution in [-0.2, 0) is 9.53 Å². The maximum atomic E-state index is 11.6. The molecular formula is C19H31NO3. The van der Waals surface area contributed by atoms with Gasteiger partial charge in [-0.1, -0.05) is 49.7 Å². The molecule has 1 atom stereocenters. The maximum absolute atomic E-state index is 11.6. The predicted octanol–water partition coefficient (Wildman–Crippen LogP) is 4.95. The topological polar surface area (TPSA) is 46.6 Å². The zero-order valence-electron chi connectivity index (χ0n) is 15.6. The molecule has 1 fully saturated rings. The average Bonchev–Trinajstić information content (AvgIpc) is 2.80. The number of aryl methyl sites for hydroxylation is 1. The van der Waals surface area contributed by atoms with Crippen LogP contribution in [0.25, 0.3) is 0 Å². The van der Waals surface area contributed by atoms with Gasteiger partial charge >= 0.3 is 6.09 Å². The van der Waals surface area contributed by atoms with Gasteiger partial charge in [0.05, 0.1) is 0 Å². The Bertz CT molecular complexity index is 477. The molecule has 1 unspecified atom stereocenters. The Labute approximate surface area is 140 Å². The smallest absolute Gasteiger partial charge is 0.417 e. The fourth-order valence-electron chi connectivity index (χ4n) is 1.95. The fraction of sp³-hybridized carbons (Fsp3) is 0.579. The van der Waals surface area contributed by atoms with Crippen LogP contribution in [0.5, 0.6) is 0 Å². The van der Waals surface area contributed by atoms with Crippen LogP contribution >= 0.6 is 0 Å². The Kier molecular flexibility index (Phi) is 9.23. The summed E-state index contributed by atoms with van der Waals surface area (Å²) in [5.74, 6) is -0.133. The van der Waals surface area contributed by atoms with Crippen molar-refractivity contribution in [3.05, 3.63) is 35.9 Å². The van der Waals surface area contributed by atoms with Gasteiger partial charge in [0.15, 0.2) is 0 Å². The molecule has 2 rings (SSSR count). The van der Waals surface area contributed by atoms with E-state index in [0.29, 0.717) is 6.42 Å². The van der Waals surface area contributed by atoms with Crippen molar-refractivity contribution in [3.63, 3.8) is 0 Å². The monoisotopic (exact) mass is 321 g/mol. The van der Waals surface area contributed by atoms with Crippen LogP contribution in [0, 0.1) is 6.92 Å². The number of hydrogen-bond donors (Lipinski definition) is 0. The van der Waals surface area contributed by atoms with Crippen molar-refractivity contribution in [3.8, 4) is 0 Å². The van der Waals surface area contributed by atoms with E-state index in [2.05, 4.69) is 19.1 Å². The zero-order chi connectivity index (χ0) is 18.0. The Hall–Kier alpha value is -1.84. The van der Waals surface area contributed by atoms with E-state index < -0.39 is 11.7 Å². The molecule has 0 bridgehead atoms. The van der Waals surface area contributed by atoms with Crippen molar-refractivity contribution in [2.75, 3.05) is 0 Å². The van der Waals surface area contributed by atoms with Gasteiger partial charge in [-0.2, -0.15) is 0 Å². The van der Waals surface area contributed by atoms with Gasteiger partial charge in [0.25, 0.3) is 0 Å². The van der Waals surface area contributed by atoms with E-state index in [1.165, 1.54) is 10.5 Å². The Morgan fingerprint density at radius 2 is 1.70 bits per heavy atom. The molecule has 23 heavy (non-hydrogen) atoms. The van der Waals surface area contributed by atoms with E-state index in [-0.39, 0.29) is 11.9 Å². The second-order valence-corrected chi connectivity index (χ2v) is 6.29. The number of ether oxygens (including phenoxy) is 1. The largest absolute Gasteiger partial charge is 0.443 e. The summed E-state index contributed by atoms with van der Waals surface area (Å²) in [4.78, 5) is 24.1. The maximum Gasteiger partial charge on any atom is 0.417 e. The van der Waals surface area contributed by atoms with Crippen LogP contribution in [0.2, 0.25) is 0 Å². The molecule has 1 saturated heterocycles. The van der Waals surface area contributed by atoms with Crippen LogP contribution in [-0.4, -0.2) is 28.5 Å². The summed E-state index contributed by atoms with van der Waals surface area (Å²) in [6.45, 7) is 13.3. The number of carbonyl (C=O) groups excluding carboxylic acids is 2. The minimum Gasteiger partial charge on any atom is -0.443 e. The number of likely N-dealkylation sites (tertiary alicyclic amines) is 1. The van der Waals surface area contributed by atoms with Crippen molar-refractivity contribution < 1.29 is 14.3 Å². The number of hydrogen-bond acceptors (Lipinski definition) is 3. The lowest BCUT2D eigenvalue weighted by molar-refractivity contribution is -0.127. The summed E-state index contributed by atoms with van der Waals surface area (Å²) >= 11 is 0. The number of imide groups is 1. The molecule has 1 aromatic rings. The molecule has 0 radical (unpaired) electrons. The van der Waals surface area contributed by atoms with Gasteiger partial charge in [-0.3, -0.25) is 4.79 Å². The molecule has 4 heteroatoms. The standard InChI is InChI=1S/C10H17NO3.C7H8.C2H6/c1-7-5-6-8(12)11(7)9(13)14-10(2,3)4;1-7-5-3-2-4-6-7;1-2/h7H,5-6H2,1-4H3;2-6H,1H3;1-2H3. The highest BCUT2D eigenvalue weighted by molar-refractivity contribution is 5.94. The highest BCUT2D eigenvalue weighted by atomic mass is 16.6. The molecule has 1 aromatic carbocycles. The second kappa shape index (κ2) is 10.0. The van der Waals surface area contributed by atoms with E-state index in [1.54, 1.807) is 20.8 Å². The van der Waals surface area contributed by atoms with Crippen molar-refractivity contribution in [1.29, 1.82) is 0 Å². The van der Waals surface area contributed by atoms with Crippen molar-refractivity contribution >= 4 is 12.0 Å². The summed E-state index contributed by atoms with van der Waals surface area (Å²) in [5.41, 5.74) is 0.780. The summed E-state index contributed by atoms with van der Waals surface area (Å²) in [6, 6.07) is 10.2. The minimum atomic E-state index is -0.542. The summed E-state index contributed by atoms with van der Waals surface area (Å²) < 4.78 is 5.13. The van der Waals surface area contributed by atoms with Gasteiger partial charge in [0.1, 0.15) is 5.60 Å². The first-order chi connectivity index (χ1) is 10.7. The van der Waals surface area contributed by atoms with Gasteiger partial charge in [0.2, 0.25) is 5.91 Å². The predicted molar refractivity (Wildman–Crippen MR) is 94.3 cm³/mol. The van der Waals surface area contributed by atoms with Crippen LogP contribution in [0.3, 0.4) is 0 Å². The molecule has 0 aromatic heterocycles. The SMILES string of the molecule is CC.CC1CCC(=O)N1C(=O)OC(C)(C)C.Cc1ccccc1. The third kappa shape index (κ3) is 8.38. The third-order valence-corrected chi connectivity index (χ3v) is 3.02. The van der Waals surface area contributed by atoms with Crippen LogP contribution in [0.1, 0.15) is 59.9 Å². The quantitative estimate of drug-likeness (QED) is 0.679. The van der Waals surface area contributed by atoms with Crippen LogP contribution < -0.4 is 0 Å². The highest BCUT2D eigenvalue weighted by Gasteiger charge is 2.35. The molecular weight excluding hydrogens is 290 g/mol. The molecule has 0 aliphatic carbocycles. The lowest BCUT2D eigenvalue weighted by Crippen LogP contribution is -2.41. The molecule has 1 aliphatic rings. The Morgan fingerprint density at radius 1 is 1.17 bits per heavy atom. The van der Waals surface area contributed by atoms with Gasteiger partial charge in [-0.15, -0.1) is 0 Å². The first-order valence-corrected chi connectivity index (χ1v) is 8.27. The van der Waals surface area contributed by atoms with Crippen molar-refractivity contribution in [2.45, 2.75) is 73.0 Å². The molecule has 0 spiro atoms. The van der Waals surface area contributed by atoms with E-state index in [0.717, 1.165) is 6.42 Å². The molecule has 0 N–H and O–H groups in total.